The van der Waals surface area contributed by atoms with Crippen LogP contribution in [-0.2, 0) is 0 Å². The molecule has 0 radical (unpaired) electrons. The highest BCUT2D eigenvalue weighted by molar-refractivity contribution is 7.25. The van der Waals surface area contributed by atoms with Crippen LogP contribution in [0.4, 0.5) is 0 Å². The zero-order chi connectivity index (χ0) is 32.6. The van der Waals surface area contributed by atoms with Crippen LogP contribution < -0.4 is 5.32 Å². The highest BCUT2D eigenvalue weighted by Crippen LogP contribution is 2.42. The number of aliphatic imine (C=N–C) groups is 2. The molecule has 0 spiro atoms. The molecule has 0 amide bonds. The molecule has 2 atom stereocenters. The lowest BCUT2D eigenvalue weighted by molar-refractivity contribution is 0.759. The second kappa shape index (κ2) is 12.8. The van der Waals surface area contributed by atoms with Crippen LogP contribution >= 0.6 is 11.3 Å². The van der Waals surface area contributed by atoms with Gasteiger partial charge in [-0.25, -0.2) is 9.98 Å². The predicted molar refractivity (Wildman–Crippen MR) is 208 cm³/mol. The molecule has 1 aromatic heterocycles. The fourth-order valence-electron chi connectivity index (χ4n) is 7.25. The molecule has 0 saturated carbocycles. The predicted octanol–water partition coefficient (Wildman–Crippen LogP) is 11.4. The Morgan fingerprint density at radius 1 is 0.612 bits per heavy atom. The summed E-state index contributed by atoms with van der Waals surface area (Å²) in [7, 11) is 0. The molecule has 0 bridgehead atoms. The van der Waals surface area contributed by atoms with Gasteiger partial charge < -0.3 is 5.32 Å². The van der Waals surface area contributed by atoms with Crippen molar-refractivity contribution in [3.8, 4) is 0 Å². The van der Waals surface area contributed by atoms with Gasteiger partial charge >= 0.3 is 0 Å². The first kappa shape index (κ1) is 29.6. The molecule has 3 aliphatic rings. The van der Waals surface area contributed by atoms with E-state index in [4.69, 9.17) is 9.98 Å². The van der Waals surface area contributed by atoms with Gasteiger partial charge in [0.25, 0.3) is 0 Å². The van der Waals surface area contributed by atoms with E-state index in [1.54, 1.807) is 0 Å². The van der Waals surface area contributed by atoms with E-state index in [0.29, 0.717) is 5.92 Å². The summed E-state index contributed by atoms with van der Waals surface area (Å²) in [5.41, 5.74) is 9.99. The highest BCUT2D eigenvalue weighted by atomic mass is 32.1. The zero-order valence-corrected chi connectivity index (χ0v) is 27.9. The zero-order valence-electron chi connectivity index (χ0n) is 27.1. The second-order valence-electron chi connectivity index (χ2n) is 12.9. The van der Waals surface area contributed by atoms with Gasteiger partial charge in [-0.3, -0.25) is 0 Å². The summed E-state index contributed by atoms with van der Waals surface area (Å²) in [4.78, 5) is 10.6. The maximum atomic E-state index is 5.34. The molecule has 1 N–H and O–H groups in total. The first-order chi connectivity index (χ1) is 24.3. The van der Waals surface area contributed by atoms with Gasteiger partial charge in [0.05, 0.1) is 0 Å². The van der Waals surface area contributed by atoms with Crippen molar-refractivity contribution in [2.24, 2.45) is 9.98 Å². The third kappa shape index (κ3) is 5.79. The Bertz CT molecular complexity index is 2370. The topological polar surface area (TPSA) is 36.8 Å². The quantitative estimate of drug-likeness (QED) is 0.191. The van der Waals surface area contributed by atoms with Gasteiger partial charge in [0.15, 0.2) is 6.17 Å². The first-order valence-corrected chi connectivity index (χ1v) is 17.9. The maximum Gasteiger partial charge on any atom is 0.170 e. The number of fused-ring (bicyclic) bond motifs is 3. The van der Waals surface area contributed by atoms with Crippen LogP contribution in [0.1, 0.15) is 59.2 Å². The normalized spacial score (nSPS) is 19.1. The molecule has 6 aromatic rings. The van der Waals surface area contributed by atoms with Crippen LogP contribution in [-0.4, -0.2) is 11.7 Å². The number of allylic oxidation sites excluding steroid dienone is 7. The summed E-state index contributed by atoms with van der Waals surface area (Å²) in [5.74, 6) is 2.12. The lowest BCUT2D eigenvalue weighted by Gasteiger charge is -2.25. The molecule has 2 unspecified atom stereocenters. The number of rotatable bonds is 6. The minimum atomic E-state index is -0.358. The molecule has 3 nitrogen and oxygen atoms in total. The van der Waals surface area contributed by atoms with Crippen molar-refractivity contribution >= 4 is 54.3 Å². The van der Waals surface area contributed by atoms with Crippen LogP contribution in [0.15, 0.2) is 173 Å². The molecule has 2 heterocycles. The maximum absolute atomic E-state index is 5.34. The van der Waals surface area contributed by atoms with E-state index in [-0.39, 0.29) is 6.17 Å². The average Bonchev–Trinajstić information content (AvgIpc) is 3.57. The van der Waals surface area contributed by atoms with E-state index >= 15 is 0 Å². The van der Waals surface area contributed by atoms with Crippen molar-refractivity contribution in [1.82, 2.24) is 5.32 Å². The van der Waals surface area contributed by atoms with Crippen LogP contribution in [0, 0.1) is 0 Å². The van der Waals surface area contributed by atoms with E-state index < -0.39 is 0 Å². The number of hydrogen-bond donors (Lipinski definition) is 1. The van der Waals surface area contributed by atoms with Crippen molar-refractivity contribution in [2.75, 3.05) is 0 Å². The van der Waals surface area contributed by atoms with Gasteiger partial charge in [0.2, 0.25) is 0 Å². The monoisotopic (exact) mass is 649 g/mol. The third-order valence-electron chi connectivity index (χ3n) is 9.85. The Balaban J connectivity index is 1.11. The van der Waals surface area contributed by atoms with Crippen LogP contribution in [0.3, 0.4) is 0 Å². The van der Waals surface area contributed by atoms with E-state index in [1.807, 2.05) is 11.3 Å². The number of amidine groups is 2. The molecule has 49 heavy (non-hydrogen) atoms. The summed E-state index contributed by atoms with van der Waals surface area (Å²) < 4.78 is 2.57. The van der Waals surface area contributed by atoms with Crippen molar-refractivity contribution in [3.63, 3.8) is 0 Å². The van der Waals surface area contributed by atoms with Gasteiger partial charge in [-0.2, -0.15) is 0 Å². The standard InChI is InChI=1S/C45H35N3S/c1-4-11-30(12-5-1)32-19-21-34(22-20-32)37-27-28-40-39(29-37)42-38(17-10-18-41(42)49-40)45-47-43(35-15-8-3-9-16-35)46-44(48-45)36-25-23-33(24-26-36)31-13-6-2-7-14-31/h1-21,23,25,27-29,34,45H,22,24,26H2,(H,46,47,48). The molecular formula is C45H35N3S. The van der Waals surface area contributed by atoms with Crippen molar-refractivity contribution in [2.45, 2.75) is 31.3 Å². The van der Waals surface area contributed by atoms with Crippen molar-refractivity contribution in [3.05, 3.63) is 191 Å². The van der Waals surface area contributed by atoms with Gasteiger partial charge in [-0.05, 0) is 70.9 Å². The summed E-state index contributed by atoms with van der Waals surface area (Å²) in [6, 6.07) is 45.4. The van der Waals surface area contributed by atoms with Crippen LogP contribution in [0.2, 0.25) is 0 Å². The highest BCUT2D eigenvalue weighted by Gasteiger charge is 2.25. The average molecular weight is 650 g/mol. The smallest absolute Gasteiger partial charge is 0.170 e. The number of nitrogens with one attached hydrogen (secondary N) is 1. The molecular weight excluding hydrogens is 615 g/mol. The molecule has 0 fully saturated rings. The summed E-state index contributed by atoms with van der Waals surface area (Å²) >= 11 is 1.86. The van der Waals surface area contributed by atoms with E-state index in [9.17, 15) is 0 Å². The van der Waals surface area contributed by atoms with Gasteiger partial charge in [0.1, 0.15) is 11.7 Å². The molecule has 236 valence electrons. The van der Waals surface area contributed by atoms with E-state index in [1.165, 1.54) is 53.6 Å². The van der Waals surface area contributed by atoms with Gasteiger partial charge in [-0.1, -0.05) is 140 Å². The number of thiophene rings is 1. The number of hydrogen-bond acceptors (Lipinski definition) is 4. The minimum absolute atomic E-state index is 0.345. The Morgan fingerprint density at radius 2 is 1.31 bits per heavy atom. The molecule has 5 aromatic carbocycles. The Labute approximate surface area is 291 Å². The van der Waals surface area contributed by atoms with Crippen LogP contribution in [0.25, 0.3) is 31.3 Å². The lowest BCUT2D eigenvalue weighted by Crippen LogP contribution is -2.36. The fraction of sp³-hybridized carbons (Fsp3) is 0.111. The first-order valence-electron chi connectivity index (χ1n) is 17.1. The SMILES string of the molecule is C1=CC(c2ccc3sc4cccc(C5N=C(C6=CC=C(c7ccccc7)CC6)NC(c6ccccc6)=N5)c4c3c2)CC=C1c1ccccc1. The molecule has 0 saturated heterocycles. The van der Waals surface area contributed by atoms with Gasteiger partial charge in [-0.15, -0.1) is 11.3 Å². The van der Waals surface area contributed by atoms with E-state index in [0.717, 1.165) is 42.1 Å². The summed E-state index contributed by atoms with van der Waals surface area (Å²) in [6.07, 6.45) is 14.1. The largest absolute Gasteiger partial charge is 0.325 e. The number of nitrogens with zero attached hydrogens (tertiary/aromatic N) is 2. The second-order valence-corrected chi connectivity index (χ2v) is 14.0. The third-order valence-corrected chi connectivity index (χ3v) is 11.0. The van der Waals surface area contributed by atoms with Crippen LogP contribution in [0.5, 0.6) is 0 Å². The van der Waals surface area contributed by atoms with Gasteiger partial charge in [0, 0.05) is 37.2 Å². The lowest BCUT2D eigenvalue weighted by atomic mass is 9.87. The summed E-state index contributed by atoms with van der Waals surface area (Å²) in [6.45, 7) is 0. The van der Waals surface area contributed by atoms with Crippen molar-refractivity contribution in [1.29, 1.82) is 0 Å². The summed E-state index contributed by atoms with van der Waals surface area (Å²) in [5, 5.41) is 6.19. The Morgan fingerprint density at radius 3 is 2.02 bits per heavy atom. The van der Waals surface area contributed by atoms with E-state index in [2.05, 4.69) is 163 Å². The van der Waals surface area contributed by atoms with Crippen molar-refractivity contribution < 1.29 is 0 Å². The Hall–Kier alpha value is -5.58. The fourth-order valence-corrected chi connectivity index (χ4v) is 8.37. The molecule has 4 heteroatoms. The number of benzene rings is 5. The minimum Gasteiger partial charge on any atom is -0.325 e. The molecule has 9 rings (SSSR count). The molecule has 1 aliphatic heterocycles. The Kier molecular flexibility index (Phi) is 7.72. The molecule has 2 aliphatic carbocycles.